The molecular weight excluding hydrogens is 388 g/mol. The van der Waals surface area contributed by atoms with E-state index >= 15 is 0 Å². The van der Waals surface area contributed by atoms with Crippen LogP contribution >= 0.6 is 0 Å². The Morgan fingerprint density at radius 1 is 1.32 bits per heavy atom. The third kappa shape index (κ3) is 4.29. The molecule has 0 spiro atoms. The highest BCUT2D eigenvalue weighted by atomic mass is 19.4. The first-order valence-electron chi connectivity index (χ1n) is 8.26. The zero-order chi connectivity index (χ0) is 20.5. The first-order valence-corrected chi connectivity index (χ1v) is 8.26. The van der Waals surface area contributed by atoms with Crippen LogP contribution in [0.3, 0.4) is 0 Å². The van der Waals surface area contributed by atoms with E-state index in [1.807, 2.05) is 0 Å². The van der Waals surface area contributed by atoms with Gasteiger partial charge in [-0.2, -0.15) is 5.16 Å². The van der Waals surface area contributed by atoms with Gasteiger partial charge >= 0.3 is 12.5 Å². The molecule has 3 rings (SSSR count). The van der Waals surface area contributed by atoms with E-state index < -0.39 is 35.6 Å². The van der Waals surface area contributed by atoms with Crippen molar-refractivity contribution in [3.8, 4) is 5.75 Å². The van der Waals surface area contributed by atoms with Crippen LogP contribution in [0.1, 0.15) is 36.1 Å². The molecule has 152 valence electrons. The third-order valence-corrected chi connectivity index (χ3v) is 4.52. The van der Waals surface area contributed by atoms with Crippen LogP contribution in [0.5, 0.6) is 5.75 Å². The van der Waals surface area contributed by atoms with E-state index in [1.165, 1.54) is 18.1 Å². The van der Waals surface area contributed by atoms with E-state index in [1.54, 1.807) is 0 Å². The van der Waals surface area contributed by atoms with E-state index in [0.29, 0.717) is 18.2 Å². The fourth-order valence-corrected chi connectivity index (χ4v) is 3.33. The molecule has 2 heterocycles. The molecule has 2 atom stereocenters. The Hall–Kier alpha value is -2.98. The Kier molecular flexibility index (Phi) is 5.34. The zero-order valence-corrected chi connectivity index (χ0v) is 14.6. The molecule has 1 amide bonds. The SMILES string of the molecule is COC(=O)N1CCC(c2cc(=O)[nH]o2)CC1c1ccc(OC(F)(F)F)cc1F. The standard InChI is InChI=1S/C17H16F4N2O5/c1-26-16(25)23-5-4-9(14-8-15(24)22-28-14)6-13(23)11-3-2-10(7-12(11)18)27-17(19,20)21/h2-3,7-9,13H,4-6H2,1H3,(H,22,24). The summed E-state index contributed by atoms with van der Waals surface area (Å²) in [6.07, 6.45) is -5.03. The number of benzene rings is 1. The number of alkyl halides is 3. The molecule has 2 unspecified atom stereocenters. The minimum absolute atomic E-state index is 0.00232. The maximum atomic E-state index is 14.6. The van der Waals surface area contributed by atoms with Gasteiger partial charge in [0.15, 0.2) is 0 Å². The Labute approximate surface area is 155 Å². The summed E-state index contributed by atoms with van der Waals surface area (Å²) in [4.78, 5) is 24.7. The van der Waals surface area contributed by atoms with Crippen molar-refractivity contribution in [2.24, 2.45) is 0 Å². The number of methoxy groups -OCH3 is 1. The van der Waals surface area contributed by atoms with Gasteiger partial charge in [-0.25, -0.2) is 9.18 Å². The summed E-state index contributed by atoms with van der Waals surface area (Å²) in [5, 5.41) is 2.17. The van der Waals surface area contributed by atoms with Gasteiger partial charge in [0, 0.05) is 30.2 Å². The van der Waals surface area contributed by atoms with Crippen LogP contribution in [0.15, 0.2) is 33.6 Å². The quantitative estimate of drug-likeness (QED) is 0.789. The molecule has 1 saturated heterocycles. The van der Waals surface area contributed by atoms with Crippen molar-refractivity contribution in [2.45, 2.75) is 31.2 Å². The molecule has 0 saturated carbocycles. The first kappa shape index (κ1) is 19.8. The monoisotopic (exact) mass is 404 g/mol. The van der Waals surface area contributed by atoms with Crippen molar-refractivity contribution in [3.05, 3.63) is 51.8 Å². The second-order valence-corrected chi connectivity index (χ2v) is 6.25. The summed E-state index contributed by atoms with van der Waals surface area (Å²) in [6.45, 7) is 0.178. The second-order valence-electron chi connectivity index (χ2n) is 6.25. The predicted molar refractivity (Wildman–Crippen MR) is 86.2 cm³/mol. The van der Waals surface area contributed by atoms with Crippen LogP contribution in [0.4, 0.5) is 22.4 Å². The average Bonchev–Trinajstić information content (AvgIpc) is 3.06. The number of aromatic nitrogens is 1. The lowest BCUT2D eigenvalue weighted by atomic mass is 9.85. The van der Waals surface area contributed by atoms with Crippen molar-refractivity contribution in [1.82, 2.24) is 10.1 Å². The minimum Gasteiger partial charge on any atom is -0.453 e. The Bertz CT molecular complexity index is 907. The number of aromatic amines is 1. The number of ether oxygens (including phenoxy) is 2. The highest BCUT2D eigenvalue weighted by Gasteiger charge is 2.37. The average molecular weight is 404 g/mol. The molecule has 1 fully saturated rings. The number of hydrogen-bond donors (Lipinski definition) is 1. The van der Waals surface area contributed by atoms with Gasteiger partial charge in [-0.3, -0.25) is 4.79 Å². The van der Waals surface area contributed by atoms with Gasteiger partial charge in [-0.05, 0) is 18.9 Å². The van der Waals surface area contributed by atoms with Crippen molar-refractivity contribution < 1.29 is 36.4 Å². The number of nitrogens with zero attached hydrogens (tertiary/aromatic N) is 1. The maximum absolute atomic E-state index is 14.6. The molecule has 0 radical (unpaired) electrons. The molecule has 28 heavy (non-hydrogen) atoms. The second kappa shape index (κ2) is 7.56. The highest BCUT2D eigenvalue weighted by molar-refractivity contribution is 5.68. The lowest BCUT2D eigenvalue weighted by Crippen LogP contribution is -2.40. The van der Waals surface area contributed by atoms with Crippen molar-refractivity contribution in [2.75, 3.05) is 13.7 Å². The maximum Gasteiger partial charge on any atom is 0.573 e. The molecule has 11 heteroatoms. The predicted octanol–water partition coefficient (Wildman–Crippen LogP) is 3.69. The lowest BCUT2D eigenvalue weighted by molar-refractivity contribution is -0.274. The van der Waals surface area contributed by atoms with Crippen LogP contribution in [-0.2, 0) is 4.74 Å². The summed E-state index contributed by atoms with van der Waals surface area (Å²) >= 11 is 0. The van der Waals surface area contributed by atoms with Gasteiger partial charge in [0.2, 0.25) is 0 Å². The molecule has 1 N–H and O–H groups in total. The van der Waals surface area contributed by atoms with Crippen LogP contribution in [-0.4, -0.2) is 36.2 Å². The summed E-state index contributed by atoms with van der Waals surface area (Å²) in [7, 11) is 1.17. The van der Waals surface area contributed by atoms with Gasteiger partial charge in [0.05, 0.1) is 13.2 Å². The van der Waals surface area contributed by atoms with E-state index in [-0.39, 0.29) is 24.4 Å². The van der Waals surface area contributed by atoms with E-state index in [2.05, 4.69) is 9.89 Å². The van der Waals surface area contributed by atoms with Crippen molar-refractivity contribution in [3.63, 3.8) is 0 Å². The molecule has 1 aliphatic rings. The molecule has 1 aromatic heterocycles. The topological polar surface area (TPSA) is 84.8 Å². The van der Waals surface area contributed by atoms with Crippen molar-refractivity contribution >= 4 is 6.09 Å². The number of hydrogen-bond acceptors (Lipinski definition) is 5. The Morgan fingerprint density at radius 3 is 2.64 bits per heavy atom. The van der Waals surface area contributed by atoms with Gasteiger partial charge < -0.3 is 18.9 Å². The van der Waals surface area contributed by atoms with Gasteiger partial charge in [0.1, 0.15) is 17.3 Å². The number of carbonyl (C=O) groups is 1. The summed E-state index contributed by atoms with van der Waals surface area (Å²) in [6, 6.07) is 3.16. The number of halogens is 4. The number of rotatable bonds is 3. The molecule has 0 bridgehead atoms. The van der Waals surface area contributed by atoms with Crippen LogP contribution < -0.4 is 10.3 Å². The number of amides is 1. The molecule has 0 aliphatic carbocycles. The molecule has 7 nitrogen and oxygen atoms in total. The third-order valence-electron chi connectivity index (χ3n) is 4.52. The van der Waals surface area contributed by atoms with Gasteiger partial charge in [0.25, 0.3) is 5.56 Å². The van der Waals surface area contributed by atoms with Crippen LogP contribution in [0.2, 0.25) is 0 Å². The summed E-state index contributed by atoms with van der Waals surface area (Å²) in [5.41, 5.74) is -0.427. The van der Waals surface area contributed by atoms with E-state index in [0.717, 1.165) is 12.1 Å². The Balaban J connectivity index is 1.91. The van der Waals surface area contributed by atoms with Crippen molar-refractivity contribution in [1.29, 1.82) is 0 Å². The fraction of sp³-hybridized carbons (Fsp3) is 0.412. The number of likely N-dealkylation sites (tertiary alicyclic amines) is 1. The first-order chi connectivity index (χ1) is 13.2. The van der Waals surface area contributed by atoms with Crippen LogP contribution in [0.25, 0.3) is 0 Å². The number of nitrogens with one attached hydrogen (secondary N) is 1. The molecular formula is C17H16F4N2O5. The molecule has 2 aromatic rings. The molecule has 1 aromatic carbocycles. The number of H-pyrrole nitrogens is 1. The smallest absolute Gasteiger partial charge is 0.453 e. The Morgan fingerprint density at radius 2 is 2.07 bits per heavy atom. The van der Waals surface area contributed by atoms with E-state index in [9.17, 15) is 27.2 Å². The number of carbonyl (C=O) groups excluding carboxylic acids is 1. The highest BCUT2D eigenvalue weighted by Crippen LogP contribution is 2.41. The molecule has 1 aliphatic heterocycles. The summed E-state index contributed by atoms with van der Waals surface area (Å²) in [5.74, 6) is -1.61. The van der Waals surface area contributed by atoms with Crippen LogP contribution in [0, 0.1) is 5.82 Å². The largest absolute Gasteiger partial charge is 0.573 e. The zero-order valence-electron chi connectivity index (χ0n) is 14.6. The lowest BCUT2D eigenvalue weighted by Gasteiger charge is -2.38. The van der Waals surface area contributed by atoms with E-state index in [4.69, 9.17) is 9.26 Å². The number of piperidine rings is 1. The fourth-order valence-electron chi connectivity index (χ4n) is 3.33. The minimum atomic E-state index is -4.95. The normalized spacial score (nSPS) is 20.1. The van der Waals surface area contributed by atoms with Gasteiger partial charge in [-0.15, -0.1) is 13.2 Å². The summed E-state index contributed by atoms with van der Waals surface area (Å²) < 4.78 is 65.1. The van der Waals surface area contributed by atoms with Gasteiger partial charge in [-0.1, -0.05) is 6.07 Å².